The Labute approximate surface area is 169 Å². The van der Waals surface area contributed by atoms with Crippen molar-refractivity contribution in [3.05, 3.63) is 47.5 Å². The van der Waals surface area contributed by atoms with E-state index in [1.165, 1.54) is 16.2 Å². The van der Waals surface area contributed by atoms with Crippen LogP contribution in [0, 0.1) is 6.92 Å². The molecule has 148 valence electrons. The molecular formula is C21H26N3O3S+. The number of fused-ring (bicyclic) bond motifs is 1. The molecule has 1 heterocycles. The van der Waals surface area contributed by atoms with Crippen molar-refractivity contribution in [2.24, 2.45) is 0 Å². The summed E-state index contributed by atoms with van der Waals surface area (Å²) < 4.78 is 11.7. The molecule has 1 N–H and O–H groups in total. The van der Waals surface area contributed by atoms with E-state index in [1.807, 2.05) is 25.1 Å². The highest BCUT2D eigenvalue weighted by atomic mass is 32.1. The molecule has 3 rings (SSSR count). The number of ether oxygens (including phenoxy) is 2. The number of aromatic nitrogens is 1. The van der Waals surface area contributed by atoms with Crippen molar-refractivity contribution in [1.29, 1.82) is 0 Å². The lowest BCUT2D eigenvalue weighted by Crippen LogP contribution is -3.06. The molecule has 6 nitrogen and oxygen atoms in total. The van der Waals surface area contributed by atoms with Crippen LogP contribution in [0.2, 0.25) is 0 Å². The number of rotatable bonds is 7. The number of anilines is 1. The van der Waals surface area contributed by atoms with Gasteiger partial charge in [0, 0.05) is 11.6 Å². The smallest absolute Gasteiger partial charge is 0.260 e. The van der Waals surface area contributed by atoms with Crippen LogP contribution in [0.25, 0.3) is 10.2 Å². The van der Waals surface area contributed by atoms with Crippen molar-refractivity contribution in [2.75, 3.05) is 46.3 Å². The van der Waals surface area contributed by atoms with E-state index in [0.717, 1.165) is 22.3 Å². The van der Waals surface area contributed by atoms with Gasteiger partial charge in [0.2, 0.25) is 0 Å². The molecule has 0 bridgehead atoms. The van der Waals surface area contributed by atoms with Gasteiger partial charge in [-0.15, -0.1) is 0 Å². The molecule has 0 aliphatic heterocycles. The molecule has 7 heteroatoms. The number of thiazole rings is 1. The molecule has 0 spiro atoms. The highest BCUT2D eigenvalue weighted by Gasteiger charge is 2.23. The number of aryl methyl sites for hydroxylation is 1. The van der Waals surface area contributed by atoms with Crippen LogP contribution in [-0.2, 0) is 0 Å². The summed E-state index contributed by atoms with van der Waals surface area (Å²) in [5, 5.41) is 0.706. The number of nitrogens with one attached hydrogen (secondary N) is 1. The maximum absolute atomic E-state index is 13.4. The lowest BCUT2D eigenvalue weighted by molar-refractivity contribution is -0.856. The maximum atomic E-state index is 13.4. The lowest BCUT2D eigenvalue weighted by Gasteiger charge is -2.21. The van der Waals surface area contributed by atoms with Gasteiger partial charge in [0.25, 0.3) is 5.91 Å². The number of methoxy groups -OCH3 is 2. The molecule has 1 amide bonds. The van der Waals surface area contributed by atoms with Crippen molar-refractivity contribution in [2.45, 2.75) is 6.92 Å². The predicted octanol–water partition coefficient (Wildman–Crippen LogP) is 2.41. The molecule has 0 aliphatic carbocycles. The van der Waals surface area contributed by atoms with E-state index < -0.39 is 0 Å². The maximum Gasteiger partial charge on any atom is 0.260 e. The zero-order valence-corrected chi connectivity index (χ0v) is 17.7. The molecule has 0 saturated carbocycles. The quantitative estimate of drug-likeness (QED) is 0.662. The van der Waals surface area contributed by atoms with Gasteiger partial charge in [0.15, 0.2) is 5.13 Å². The minimum absolute atomic E-state index is 0.116. The SMILES string of the molecule is COc1cc(OC)cc(C(=O)N(CC[NH+](C)C)c2nc3c(C)cccc3s2)c1. The number of amides is 1. The second-order valence-corrected chi connectivity index (χ2v) is 7.94. The minimum Gasteiger partial charge on any atom is -0.497 e. The van der Waals surface area contributed by atoms with E-state index in [-0.39, 0.29) is 5.91 Å². The van der Waals surface area contributed by atoms with Crippen LogP contribution in [0.5, 0.6) is 11.5 Å². The fourth-order valence-electron chi connectivity index (χ4n) is 2.90. The summed E-state index contributed by atoms with van der Waals surface area (Å²) in [4.78, 5) is 21.2. The number of hydrogen-bond acceptors (Lipinski definition) is 5. The van der Waals surface area contributed by atoms with Crippen molar-refractivity contribution in [3.8, 4) is 11.5 Å². The van der Waals surface area contributed by atoms with Gasteiger partial charge in [0.05, 0.1) is 51.6 Å². The van der Waals surface area contributed by atoms with Crippen LogP contribution in [0.1, 0.15) is 15.9 Å². The first-order valence-electron chi connectivity index (χ1n) is 9.13. The second-order valence-electron chi connectivity index (χ2n) is 6.93. The van der Waals surface area contributed by atoms with Gasteiger partial charge in [-0.3, -0.25) is 9.69 Å². The average Bonchev–Trinajstić information content (AvgIpc) is 3.12. The zero-order valence-electron chi connectivity index (χ0n) is 16.9. The van der Waals surface area contributed by atoms with Crippen molar-refractivity contribution in [1.82, 2.24) is 4.98 Å². The highest BCUT2D eigenvalue weighted by Crippen LogP contribution is 2.32. The van der Waals surface area contributed by atoms with Gasteiger partial charge in [-0.05, 0) is 30.7 Å². The molecule has 0 radical (unpaired) electrons. The normalized spacial score (nSPS) is 11.1. The molecule has 1 aromatic heterocycles. The van der Waals surface area contributed by atoms with Gasteiger partial charge in [0.1, 0.15) is 11.5 Å². The summed E-state index contributed by atoms with van der Waals surface area (Å²) in [6.07, 6.45) is 0. The molecule has 0 unspecified atom stereocenters. The van der Waals surface area contributed by atoms with Gasteiger partial charge < -0.3 is 14.4 Å². The average molecular weight is 401 g/mol. The Morgan fingerprint density at radius 1 is 1.14 bits per heavy atom. The third-order valence-electron chi connectivity index (χ3n) is 4.52. The van der Waals surface area contributed by atoms with Gasteiger partial charge in [-0.1, -0.05) is 23.5 Å². The minimum atomic E-state index is -0.116. The van der Waals surface area contributed by atoms with E-state index >= 15 is 0 Å². The molecule has 0 atom stereocenters. The molecule has 0 aliphatic rings. The third kappa shape index (κ3) is 4.26. The Bertz CT molecular complexity index is 962. The Morgan fingerprint density at radius 3 is 2.39 bits per heavy atom. The first-order chi connectivity index (χ1) is 13.4. The molecule has 0 fully saturated rings. The number of quaternary nitrogens is 1. The van der Waals surface area contributed by atoms with E-state index in [2.05, 4.69) is 14.1 Å². The Hall–Kier alpha value is -2.64. The third-order valence-corrected chi connectivity index (χ3v) is 5.56. The zero-order chi connectivity index (χ0) is 20.3. The van der Waals surface area contributed by atoms with Crippen molar-refractivity contribution < 1.29 is 19.2 Å². The fraction of sp³-hybridized carbons (Fsp3) is 0.333. The first kappa shape index (κ1) is 20.1. The number of para-hydroxylation sites is 1. The summed E-state index contributed by atoms with van der Waals surface area (Å²) >= 11 is 1.54. The topological polar surface area (TPSA) is 56.1 Å². The second kappa shape index (κ2) is 8.58. The monoisotopic (exact) mass is 400 g/mol. The molecule has 2 aromatic carbocycles. The number of hydrogen-bond donors (Lipinski definition) is 1. The van der Waals surface area contributed by atoms with E-state index in [0.29, 0.717) is 28.7 Å². The van der Waals surface area contributed by atoms with Crippen molar-refractivity contribution >= 4 is 32.6 Å². The Balaban J connectivity index is 2.03. The van der Waals surface area contributed by atoms with E-state index in [4.69, 9.17) is 14.5 Å². The number of benzene rings is 2. The highest BCUT2D eigenvalue weighted by molar-refractivity contribution is 7.22. The summed E-state index contributed by atoms with van der Waals surface area (Å²) in [6, 6.07) is 11.3. The predicted molar refractivity (Wildman–Crippen MR) is 113 cm³/mol. The molecule has 3 aromatic rings. The molecule has 0 saturated heterocycles. The molecule has 28 heavy (non-hydrogen) atoms. The van der Waals surface area contributed by atoms with E-state index in [9.17, 15) is 4.79 Å². The molecular weight excluding hydrogens is 374 g/mol. The van der Waals surface area contributed by atoms with Crippen LogP contribution in [0.3, 0.4) is 0 Å². The van der Waals surface area contributed by atoms with Crippen LogP contribution < -0.4 is 19.3 Å². The summed E-state index contributed by atoms with van der Waals surface area (Å²) in [7, 11) is 7.29. The van der Waals surface area contributed by atoms with Crippen LogP contribution in [0.4, 0.5) is 5.13 Å². The van der Waals surface area contributed by atoms with E-state index in [1.54, 1.807) is 37.3 Å². The van der Waals surface area contributed by atoms with Crippen LogP contribution in [0.15, 0.2) is 36.4 Å². The van der Waals surface area contributed by atoms with Crippen molar-refractivity contribution in [3.63, 3.8) is 0 Å². The Morgan fingerprint density at radius 2 is 1.82 bits per heavy atom. The standard InChI is InChI=1S/C21H25N3O3S/c1-14-7-6-8-18-19(14)22-21(28-18)24(10-9-23(2)3)20(25)15-11-16(26-4)13-17(12-15)27-5/h6-8,11-13H,9-10H2,1-5H3/p+1. The van der Waals surface area contributed by atoms with Crippen LogP contribution >= 0.6 is 11.3 Å². The van der Waals surface area contributed by atoms with Crippen LogP contribution in [-0.4, -0.2) is 52.3 Å². The first-order valence-corrected chi connectivity index (χ1v) is 9.94. The Kier molecular flexibility index (Phi) is 6.16. The lowest BCUT2D eigenvalue weighted by atomic mass is 10.1. The summed E-state index contributed by atoms with van der Waals surface area (Å²) in [5.41, 5.74) is 2.57. The van der Waals surface area contributed by atoms with Gasteiger partial charge in [-0.25, -0.2) is 4.98 Å². The summed E-state index contributed by atoms with van der Waals surface area (Å²) in [6.45, 7) is 3.41. The number of carbonyl (C=O) groups is 1. The summed E-state index contributed by atoms with van der Waals surface area (Å²) in [5.74, 6) is 1.05. The fourth-order valence-corrected chi connectivity index (χ4v) is 3.96. The number of nitrogens with zero attached hydrogens (tertiary/aromatic N) is 2. The largest absolute Gasteiger partial charge is 0.497 e. The van der Waals surface area contributed by atoms with Gasteiger partial charge in [-0.2, -0.15) is 0 Å². The van der Waals surface area contributed by atoms with Gasteiger partial charge >= 0.3 is 0 Å². The number of carbonyl (C=O) groups excluding carboxylic acids is 1. The number of likely N-dealkylation sites (N-methyl/N-ethyl adjacent to an activating group) is 1.